The van der Waals surface area contributed by atoms with E-state index in [1.54, 1.807) is 11.8 Å². The number of anilines is 1. The standard InChI is InChI=1S/C15H18N4O.C13H19NO/c16-15(20)17-14-10-13(11-6-4-5-7-11)18-19(14)12-8-2-1-3-9-12;1-15-10-9-14-8-7-13(11-14)12-5-3-2-4-6-12/h1-3,8-11H,4-7H2,(H3,16,17,20);2-6,13H,7-11H2,1H3. The van der Waals surface area contributed by atoms with Crippen LogP contribution in [0.3, 0.4) is 0 Å². The highest BCUT2D eigenvalue weighted by atomic mass is 16.5. The monoisotopic (exact) mass is 475 g/mol. The first-order valence-corrected chi connectivity index (χ1v) is 12.6. The molecular formula is C28H37N5O2. The third kappa shape index (κ3) is 6.93. The van der Waals surface area contributed by atoms with Gasteiger partial charge in [0.25, 0.3) is 0 Å². The molecule has 0 radical (unpaired) electrons. The van der Waals surface area contributed by atoms with Crippen LogP contribution in [0.25, 0.3) is 5.69 Å². The quantitative estimate of drug-likeness (QED) is 0.495. The molecular weight excluding hydrogens is 438 g/mol. The normalized spacial score (nSPS) is 18.3. The van der Waals surface area contributed by atoms with E-state index in [0.717, 1.165) is 30.5 Å². The molecule has 1 saturated heterocycles. The number of nitrogens with two attached hydrogens (primary N) is 1. The molecule has 7 nitrogen and oxygen atoms in total. The van der Waals surface area contributed by atoms with Crippen molar-refractivity contribution in [1.82, 2.24) is 14.7 Å². The summed E-state index contributed by atoms with van der Waals surface area (Å²) in [5.74, 6) is 1.85. The Morgan fingerprint density at radius 1 is 1.03 bits per heavy atom. The Kier molecular flexibility index (Phi) is 8.92. The second-order valence-electron chi connectivity index (χ2n) is 9.36. The van der Waals surface area contributed by atoms with E-state index < -0.39 is 6.03 Å². The van der Waals surface area contributed by atoms with Crippen LogP contribution in [0.2, 0.25) is 0 Å². The Bertz CT molecular complexity index is 1050. The van der Waals surface area contributed by atoms with Crippen molar-refractivity contribution < 1.29 is 9.53 Å². The fourth-order valence-corrected chi connectivity index (χ4v) is 5.06. The molecule has 0 bridgehead atoms. The van der Waals surface area contributed by atoms with Crippen molar-refractivity contribution in [3.8, 4) is 5.69 Å². The Hall–Kier alpha value is -3.16. The van der Waals surface area contributed by atoms with Crippen LogP contribution in [-0.2, 0) is 4.74 Å². The summed E-state index contributed by atoms with van der Waals surface area (Å²) < 4.78 is 6.85. The van der Waals surface area contributed by atoms with Crippen LogP contribution in [0.5, 0.6) is 0 Å². The van der Waals surface area contributed by atoms with E-state index in [4.69, 9.17) is 10.5 Å². The molecule has 1 aromatic heterocycles. The smallest absolute Gasteiger partial charge is 0.317 e. The Balaban J connectivity index is 0.000000172. The minimum atomic E-state index is -0.569. The number of likely N-dealkylation sites (tertiary alicyclic amines) is 1. The lowest BCUT2D eigenvalue weighted by Gasteiger charge is -2.15. The molecule has 3 N–H and O–H groups in total. The van der Waals surface area contributed by atoms with E-state index in [-0.39, 0.29) is 0 Å². The van der Waals surface area contributed by atoms with Crippen LogP contribution in [0.1, 0.15) is 55.2 Å². The summed E-state index contributed by atoms with van der Waals surface area (Å²) in [6.45, 7) is 4.32. The average Bonchev–Trinajstić information content (AvgIpc) is 3.65. The van der Waals surface area contributed by atoms with Crippen LogP contribution < -0.4 is 11.1 Å². The van der Waals surface area contributed by atoms with Gasteiger partial charge in [-0.1, -0.05) is 61.4 Å². The van der Waals surface area contributed by atoms with Gasteiger partial charge < -0.3 is 15.4 Å². The van der Waals surface area contributed by atoms with Gasteiger partial charge in [0.05, 0.1) is 18.0 Å². The van der Waals surface area contributed by atoms with Crippen molar-refractivity contribution in [3.63, 3.8) is 0 Å². The van der Waals surface area contributed by atoms with Gasteiger partial charge in [-0.15, -0.1) is 0 Å². The van der Waals surface area contributed by atoms with E-state index >= 15 is 0 Å². The van der Waals surface area contributed by atoms with E-state index in [9.17, 15) is 4.79 Å². The number of carbonyl (C=O) groups is 1. The maximum Gasteiger partial charge on any atom is 0.317 e. The highest BCUT2D eigenvalue weighted by Crippen LogP contribution is 2.35. The summed E-state index contributed by atoms with van der Waals surface area (Å²) in [5.41, 5.74) is 8.68. The molecule has 2 aliphatic rings. The Morgan fingerprint density at radius 3 is 2.37 bits per heavy atom. The van der Waals surface area contributed by atoms with E-state index in [2.05, 4.69) is 45.6 Å². The first-order chi connectivity index (χ1) is 17.1. The van der Waals surface area contributed by atoms with Crippen molar-refractivity contribution in [3.05, 3.63) is 78.0 Å². The largest absolute Gasteiger partial charge is 0.383 e. The molecule has 1 saturated carbocycles. The van der Waals surface area contributed by atoms with Gasteiger partial charge in [0.2, 0.25) is 0 Å². The van der Waals surface area contributed by atoms with Crippen molar-refractivity contribution in [2.24, 2.45) is 5.73 Å². The number of benzene rings is 2. The third-order valence-corrected chi connectivity index (χ3v) is 6.91. The lowest BCUT2D eigenvalue weighted by molar-refractivity contribution is 0.160. The molecule has 1 aliphatic carbocycles. The van der Waals surface area contributed by atoms with Gasteiger partial charge in [-0.3, -0.25) is 5.32 Å². The number of carbonyl (C=O) groups excluding carboxylic acids is 1. The highest BCUT2D eigenvalue weighted by Gasteiger charge is 2.23. The van der Waals surface area contributed by atoms with E-state index in [0.29, 0.717) is 11.7 Å². The van der Waals surface area contributed by atoms with Crippen molar-refractivity contribution in [1.29, 1.82) is 0 Å². The predicted molar refractivity (Wildman–Crippen MR) is 140 cm³/mol. The van der Waals surface area contributed by atoms with Gasteiger partial charge in [0, 0.05) is 32.2 Å². The van der Waals surface area contributed by atoms with E-state index in [1.807, 2.05) is 36.4 Å². The Morgan fingerprint density at radius 2 is 1.71 bits per heavy atom. The number of nitrogens with zero attached hydrogens (tertiary/aromatic N) is 3. The molecule has 1 atom stereocenters. The molecule has 5 rings (SSSR count). The molecule has 1 aliphatic heterocycles. The van der Waals surface area contributed by atoms with Gasteiger partial charge in [-0.05, 0) is 49.4 Å². The maximum atomic E-state index is 11.2. The van der Waals surface area contributed by atoms with Crippen LogP contribution in [0.4, 0.5) is 10.6 Å². The number of rotatable bonds is 7. The summed E-state index contributed by atoms with van der Waals surface area (Å²) in [4.78, 5) is 13.6. The van der Waals surface area contributed by atoms with Crippen molar-refractivity contribution in [2.45, 2.75) is 43.9 Å². The first-order valence-electron chi connectivity index (χ1n) is 12.6. The second kappa shape index (κ2) is 12.5. The number of methoxy groups -OCH3 is 1. The second-order valence-corrected chi connectivity index (χ2v) is 9.36. The summed E-state index contributed by atoms with van der Waals surface area (Å²) in [6.07, 6.45) is 6.13. The lowest BCUT2D eigenvalue weighted by atomic mass is 9.99. The molecule has 2 fully saturated rings. The number of nitrogens with one attached hydrogen (secondary N) is 1. The summed E-state index contributed by atoms with van der Waals surface area (Å²) in [7, 11) is 1.77. The van der Waals surface area contributed by atoms with Gasteiger partial charge in [0.15, 0.2) is 0 Å². The number of aromatic nitrogens is 2. The van der Waals surface area contributed by atoms with Crippen LogP contribution >= 0.6 is 0 Å². The fraction of sp³-hybridized carbons (Fsp3) is 0.429. The van der Waals surface area contributed by atoms with Gasteiger partial charge in [-0.25, -0.2) is 9.48 Å². The third-order valence-electron chi connectivity index (χ3n) is 6.91. The molecule has 2 heterocycles. The molecule has 7 heteroatoms. The van der Waals surface area contributed by atoms with Gasteiger partial charge in [-0.2, -0.15) is 5.10 Å². The first kappa shape index (κ1) is 24.9. The fourth-order valence-electron chi connectivity index (χ4n) is 5.06. The molecule has 2 amide bonds. The number of primary amides is 1. The molecule has 35 heavy (non-hydrogen) atoms. The summed E-state index contributed by atoms with van der Waals surface area (Å²) in [5, 5.41) is 7.32. The molecule has 1 unspecified atom stereocenters. The molecule has 186 valence electrons. The van der Waals surface area contributed by atoms with Crippen molar-refractivity contribution in [2.75, 3.05) is 38.7 Å². The van der Waals surface area contributed by atoms with Gasteiger partial charge >= 0.3 is 6.03 Å². The zero-order valence-corrected chi connectivity index (χ0v) is 20.6. The topological polar surface area (TPSA) is 85.4 Å². The highest BCUT2D eigenvalue weighted by molar-refractivity contribution is 5.87. The zero-order valence-electron chi connectivity index (χ0n) is 20.6. The van der Waals surface area contributed by atoms with Crippen LogP contribution in [0, 0.1) is 0 Å². The summed E-state index contributed by atoms with van der Waals surface area (Å²) >= 11 is 0. The molecule has 3 aromatic rings. The SMILES string of the molecule is COCCN1CCC(c2ccccc2)C1.NC(=O)Nc1cc(C2CCCC2)nn1-c1ccccc1. The Labute approximate surface area is 208 Å². The average molecular weight is 476 g/mol. The zero-order chi connectivity index (χ0) is 24.5. The minimum Gasteiger partial charge on any atom is -0.383 e. The number of hydrogen-bond acceptors (Lipinski definition) is 4. The molecule has 2 aromatic carbocycles. The number of ether oxygens (including phenoxy) is 1. The summed E-state index contributed by atoms with van der Waals surface area (Å²) in [6, 6.07) is 22.0. The number of hydrogen-bond donors (Lipinski definition) is 2. The van der Waals surface area contributed by atoms with Crippen molar-refractivity contribution >= 4 is 11.8 Å². The van der Waals surface area contributed by atoms with Gasteiger partial charge in [0.1, 0.15) is 5.82 Å². The number of para-hydroxylation sites is 1. The van der Waals surface area contributed by atoms with E-state index in [1.165, 1.54) is 50.8 Å². The van der Waals surface area contributed by atoms with Crippen LogP contribution in [-0.4, -0.2) is 54.1 Å². The number of urea groups is 1. The molecule has 0 spiro atoms. The predicted octanol–water partition coefficient (Wildman–Crippen LogP) is 5.14. The minimum absolute atomic E-state index is 0.494. The maximum absolute atomic E-state index is 11.2. The van der Waals surface area contributed by atoms with Crippen LogP contribution in [0.15, 0.2) is 66.7 Å². The lowest BCUT2D eigenvalue weighted by Crippen LogP contribution is -2.24. The number of amides is 2.